The van der Waals surface area contributed by atoms with Crippen molar-refractivity contribution in [3.63, 3.8) is 0 Å². The van der Waals surface area contributed by atoms with E-state index in [0.717, 1.165) is 28.8 Å². The van der Waals surface area contributed by atoms with Crippen LogP contribution in [0.5, 0.6) is 11.5 Å². The van der Waals surface area contributed by atoms with Crippen molar-refractivity contribution in [3.8, 4) is 23.3 Å². The van der Waals surface area contributed by atoms with Crippen LogP contribution in [0.1, 0.15) is 30.1 Å². The summed E-state index contributed by atoms with van der Waals surface area (Å²) in [7, 11) is 0. The molecule has 0 aliphatic rings. The highest BCUT2D eigenvalue weighted by Crippen LogP contribution is 2.17. The van der Waals surface area contributed by atoms with E-state index >= 15 is 0 Å². The number of carbonyl (C=O) groups excluding carboxylic acids is 1. The van der Waals surface area contributed by atoms with E-state index in [1.165, 1.54) is 0 Å². The third kappa shape index (κ3) is 7.20. The Morgan fingerprint density at radius 3 is 2.62 bits per heavy atom. The quantitative estimate of drug-likeness (QED) is 0.511. The lowest BCUT2D eigenvalue weighted by atomic mass is 10.2. The van der Waals surface area contributed by atoms with Gasteiger partial charge in [0.1, 0.15) is 18.1 Å². The first-order valence-corrected chi connectivity index (χ1v) is 9.33. The fraction of sp³-hybridized carbons (Fsp3) is 0.286. The predicted octanol–water partition coefficient (Wildman–Crippen LogP) is 4.44. The van der Waals surface area contributed by atoms with Crippen molar-refractivity contribution in [1.29, 1.82) is 0 Å². The Labute approximate surface area is 163 Å². The molecule has 0 saturated heterocycles. The Bertz CT molecular complexity index is 763. The van der Waals surface area contributed by atoms with E-state index in [1.807, 2.05) is 36.4 Å². The van der Waals surface area contributed by atoms with Gasteiger partial charge in [0.2, 0.25) is 0 Å². The van der Waals surface area contributed by atoms with Crippen LogP contribution in [0.3, 0.4) is 0 Å². The number of amides is 1. The maximum Gasteiger partial charge on any atom is 0.252 e. The smallest absolute Gasteiger partial charge is 0.252 e. The molecule has 0 bridgehead atoms. The van der Waals surface area contributed by atoms with Gasteiger partial charge < -0.3 is 14.8 Å². The molecule has 0 aromatic heterocycles. The fourth-order valence-electron chi connectivity index (χ4n) is 2.05. The number of benzene rings is 2. The summed E-state index contributed by atoms with van der Waals surface area (Å²) in [5.41, 5.74) is 0.583. The number of carbonyl (C=O) groups is 1. The molecule has 136 valence electrons. The third-order valence-corrected chi connectivity index (χ3v) is 3.95. The van der Waals surface area contributed by atoms with Gasteiger partial charge in [0, 0.05) is 10.0 Å². The highest BCUT2D eigenvalue weighted by Gasteiger charge is 2.04. The molecular formula is C21H22BrNO3. The van der Waals surface area contributed by atoms with Gasteiger partial charge >= 0.3 is 0 Å². The average Bonchev–Trinajstić information content (AvgIpc) is 2.65. The van der Waals surface area contributed by atoms with E-state index < -0.39 is 0 Å². The van der Waals surface area contributed by atoms with E-state index in [0.29, 0.717) is 12.2 Å². The van der Waals surface area contributed by atoms with E-state index in [9.17, 15) is 4.79 Å². The summed E-state index contributed by atoms with van der Waals surface area (Å²) < 4.78 is 12.0. The zero-order valence-corrected chi connectivity index (χ0v) is 16.3. The van der Waals surface area contributed by atoms with Crippen molar-refractivity contribution in [2.24, 2.45) is 0 Å². The molecule has 0 atom stereocenters. The van der Waals surface area contributed by atoms with Crippen LogP contribution in [-0.2, 0) is 0 Å². The number of unbranched alkanes of at least 4 members (excludes halogenated alkanes) is 1. The van der Waals surface area contributed by atoms with E-state index in [1.54, 1.807) is 12.1 Å². The van der Waals surface area contributed by atoms with Crippen molar-refractivity contribution in [1.82, 2.24) is 5.32 Å². The Morgan fingerprint density at radius 2 is 1.88 bits per heavy atom. The van der Waals surface area contributed by atoms with Gasteiger partial charge in [-0.25, -0.2) is 0 Å². The van der Waals surface area contributed by atoms with Gasteiger partial charge in [-0.2, -0.15) is 0 Å². The van der Waals surface area contributed by atoms with Gasteiger partial charge in [-0.05, 0) is 48.9 Å². The summed E-state index contributed by atoms with van der Waals surface area (Å²) >= 11 is 3.38. The summed E-state index contributed by atoms with van der Waals surface area (Å²) in [6.07, 6.45) is 2.11. The molecule has 2 rings (SSSR count). The number of hydrogen-bond donors (Lipinski definition) is 1. The first kappa shape index (κ1) is 19.9. The summed E-state index contributed by atoms with van der Waals surface area (Å²) in [6.45, 7) is 3.36. The summed E-state index contributed by atoms with van der Waals surface area (Å²) in [6, 6.07) is 14.7. The lowest BCUT2D eigenvalue weighted by Crippen LogP contribution is -2.23. The van der Waals surface area contributed by atoms with Crippen molar-refractivity contribution in [2.75, 3.05) is 19.8 Å². The van der Waals surface area contributed by atoms with Crippen LogP contribution in [0.25, 0.3) is 0 Å². The number of rotatable bonds is 8. The first-order chi connectivity index (χ1) is 12.7. The molecule has 0 heterocycles. The molecule has 26 heavy (non-hydrogen) atoms. The maximum absolute atomic E-state index is 12.1. The second-order valence-electron chi connectivity index (χ2n) is 5.51. The van der Waals surface area contributed by atoms with E-state index in [4.69, 9.17) is 9.47 Å². The van der Waals surface area contributed by atoms with Gasteiger partial charge in [0.15, 0.2) is 0 Å². The number of nitrogens with one attached hydrogen (secondary N) is 1. The van der Waals surface area contributed by atoms with Gasteiger partial charge in [-0.15, -0.1) is 0 Å². The lowest BCUT2D eigenvalue weighted by molar-refractivity contribution is 0.0958. The maximum atomic E-state index is 12.1. The van der Waals surface area contributed by atoms with Crippen LogP contribution < -0.4 is 14.8 Å². The van der Waals surface area contributed by atoms with Crippen molar-refractivity contribution in [2.45, 2.75) is 19.8 Å². The van der Waals surface area contributed by atoms with Gasteiger partial charge in [-0.3, -0.25) is 4.79 Å². The van der Waals surface area contributed by atoms with Crippen LogP contribution in [-0.4, -0.2) is 25.7 Å². The minimum Gasteiger partial charge on any atom is -0.494 e. The highest BCUT2D eigenvalue weighted by atomic mass is 79.9. The number of halogens is 1. The second kappa shape index (κ2) is 11.2. The summed E-state index contributed by atoms with van der Waals surface area (Å²) in [5, 5.41) is 2.76. The van der Waals surface area contributed by atoms with Gasteiger partial charge in [0.05, 0.1) is 13.2 Å². The number of ether oxygens (including phenoxy) is 2. The minimum absolute atomic E-state index is 0.160. The molecule has 0 unspecified atom stereocenters. The van der Waals surface area contributed by atoms with E-state index in [2.05, 4.69) is 40.0 Å². The molecule has 1 amide bonds. The Morgan fingerprint density at radius 1 is 1.08 bits per heavy atom. The van der Waals surface area contributed by atoms with Crippen molar-refractivity contribution < 1.29 is 14.3 Å². The van der Waals surface area contributed by atoms with Crippen LogP contribution in [0.15, 0.2) is 53.0 Å². The molecular weight excluding hydrogens is 394 g/mol. The molecule has 2 aromatic carbocycles. The topological polar surface area (TPSA) is 47.6 Å². The molecule has 0 saturated carbocycles. The highest BCUT2D eigenvalue weighted by molar-refractivity contribution is 9.10. The van der Waals surface area contributed by atoms with Crippen molar-refractivity contribution >= 4 is 21.8 Å². The molecule has 1 N–H and O–H groups in total. The molecule has 0 fully saturated rings. The standard InChI is InChI=1S/C21H22BrNO3/c1-2-3-14-25-19-11-9-17(10-12-19)21(24)23-13-4-5-15-26-20-8-6-7-18(22)16-20/h6-12,16H,2-3,13-15H2,1H3,(H,23,24). The van der Waals surface area contributed by atoms with E-state index in [-0.39, 0.29) is 19.1 Å². The monoisotopic (exact) mass is 415 g/mol. The van der Waals surface area contributed by atoms with Gasteiger partial charge in [0.25, 0.3) is 5.91 Å². The van der Waals surface area contributed by atoms with Crippen LogP contribution >= 0.6 is 15.9 Å². The lowest BCUT2D eigenvalue weighted by Gasteiger charge is -2.06. The SMILES string of the molecule is CCCCOc1ccc(C(=O)NCC#CCOc2cccc(Br)c2)cc1. The number of hydrogen-bond acceptors (Lipinski definition) is 3. The molecule has 2 aromatic rings. The Balaban J connectivity index is 1.70. The normalized spacial score (nSPS) is 9.77. The zero-order chi connectivity index (χ0) is 18.6. The molecule has 0 radical (unpaired) electrons. The van der Waals surface area contributed by atoms with Gasteiger partial charge in [-0.1, -0.05) is 47.2 Å². The predicted molar refractivity (Wildman–Crippen MR) is 107 cm³/mol. The molecule has 4 nitrogen and oxygen atoms in total. The molecule has 0 aliphatic heterocycles. The largest absolute Gasteiger partial charge is 0.494 e. The fourth-order valence-corrected chi connectivity index (χ4v) is 2.43. The minimum atomic E-state index is -0.160. The first-order valence-electron chi connectivity index (χ1n) is 8.54. The van der Waals surface area contributed by atoms with Crippen LogP contribution in [0, 0.1) is 11.8 Å². The zero-order valence-electron chi connectivity index (χ0n) is 14.8. The second-order valence-corrected chi connectivity index (χ2v) is 6.42. The third-order valence-electron chi connectivity index (χ3n) is 3.45. The summed E-state index contributed by atoms with van der Waals surface area (Å²) in [4.78, 5) is 12.1. The van der Waals surface area contributed by atoms with Crippen LogP contribution in [0.4, 0.5) is 0 Å². The average molecular weight is 416 g/mol. The van der Waals surface area contributed by atoms with Crippen LogP contribution in [0.2, 0.25) is 0 Å². The Kier molecular flexibility index (Phi) is 8.57. The molecule has 5 heteroatoms. The molecule has 0 aliphatic carbocycles. The van der Waals surface area contributed by atoms with Crippen molar-refractivity contribution in [3.05, 3.63) is 58.6 Å². The molecule has 0 spiro atoms. The summed E-state index contributed by atoms with van der Waals surface area (Å²) in [5.74, 6) is 7.12. The Hall–Kier alpha value is -2.45.